The van der Waals surface area contributed by atoms with Crippen LogP contribution in [0.3, 0.4) is 0 Å². The van der Waals surface area contributed by atoms with Crippen LogP contribution in [-0.4, -0.2) is 34.1 Å². The number of anilines is 1. The van der Waals surface area contributed by atoms with E-state index in [-0.39, 0.29) is 30.4 Å². The molecule has 0 aliphatic carbocycles. The second-order valence-electron chi connectivity index (χ2n) is 5.13. The van der Waals surface area contributed by atoms with Crippen molar-refractivity contribution in [3.8, 4) is 0 Å². The highest BCUT2D eigenvalue weighted by Gasteiger charge is 2.25. The van der Waals surface area contributed by atoms with Gasteiger partial charge in [-0.2, -0.15) is 4.98 Å². The van der Waals surface area contributed by atoms with E-state index in [2.05, 4.69) is 10.3 Å². The number of rotatable bonds is 4. The lowest BCUT2D eigenvalue weighted by Gasteiger charge is -2.30. The number of carbonyl (C=O) groups excluding carboxylic acids is 2. The zero-order valence-electron chi connectivity index (χ0n) is 12.6. The third-order valence-corrected chi connectivity index (χ3v) is 3.24. The smallest absolute Gasteiger partial charge is 0.351 e. The van der Waals surface area contributed by atoms with Gasteiger partial charge in [0.25, 0.3) is 0 Å². The highest BCUT2D eigenvalue weighted by molar-refractivity contribution is 5.87. The molecule has 1 aliphatic rings. The minimum atomic E-state index is -0.496. The lowest BCUT2D eigenvalue weighted by Crippen LogP contribution is -2.35. The second-order valence-corrected chi connectivity index (χ2v) is 5.13. The Labute approximate surface area is 127 Å². The Balaban J connectivity index is 2.05. The summed E-state index contributed by atoms with van der Waals surface area (Å²) in [4.78, 5) is 37.6. The molecule has 0 aromatic carbocycles. The van der Waals surface area contributed by atoms with Gasteiger partial charge in [-0.25, -0.2) is 4.79 Å². The Morgan fingerprint density at radius 3 is 2.86 bits per heavy atom. The first-order chi connectivity index (χ1) is 10.5. The number of esters is 1. The SMILES string of the molecule is CC(=O)Nc1ccn([C@H]2CCC[C@@H](COC(C)=O)O2)c(=O)n1. The summed E-state index contributed by atoms with van der Waals surface area (Å²) in [7, 11) is 0. The van der Waals surface area contributed by atoms with Crippen LogP contribution < -0.4 is 11.0 Å². The fourth-order valence-electron chi connectivity index (χ4n) is 2.30. The second kappa shape index (κ2) is 7.17. The number of nitrogens with zero attached hydrogens (tertiary/aromatic N) is 2. The Hall–Kier alpha value is -2.22. The van der Waals surface area contributed by atoms with Gasteiger partial charge in [-0.15, -0.1) is 0 Å². The van der Waals surface area contributed by atoms with Crippen molar-refractivity contribution in [1.29, 1.82) is 0 Å². The van der Waals surface area contributed by atoms with Crippen molar-refractivity contribution >= 4 is 17.7 Å². The molecule has 1 N–H and O–H groups in total. The van der Waals surface area contributed by atoms with Crippen LogP contribution in [-0.2, 0) is 19.1 Å². The predicted molar refractivity (Wildman–Crippen MR) is 77.2 cm³/mol. The van der Waals surface area contributed by atoms with Gasteiger partial charge in [-0.3, -0.25) is 14.2 Å². The molecule has 1 saturated heterocycles. The highest BCUT2D eigenvalue weighted by Crippen LogP contribution is 2.26. The van der Waals surface area contributed by atoms with Crippen molar-refractivity contribution in [2.24, 2.45) is 0 Å². The maximum Gasteiger partial charge on any atom is 0.351 e. The van der Waals surface area contributed by atoms with E-state index in [0.717, 1.165) is 12.8 Å². The normalized spacial score (nSPS) is 21.2. The molecule has 1 amide bonds. The van der Waals surface area contributed by atoms with Gasteiger partial charge in [-0.1, -0.05) is 0 Å². The maximum atomic E-state index is 12.0. The van der Waals surface area contributed by atoms with Gasteiger partial charge in [0.1, 0.15) is 18.7 Å². The molecule has 22 heavy (non-hydrogen) atoms. The molecule has 2 heterocycles. The van der Waals surface area contributed by atoms with E-state index in [1.165, 1.54) is 18.4 Å². The topological polar surface area (TPSA) is 99.5 Å². The summed E-state index contributed by atoms with van der Waals surface area (Å²) in [6.07, 6.45) is 3.18. The number of ether oxygens (including phenoxy) is 2. The first kappa shape index (κ1) is 16.2. The maximum absolute atomic E-state index is 12.0. The number of hydrogen-bond acceptors (Lipinski definition) is 6. The van der Waals surface area contributed by atoms with Crippen LogP contribution in [0.4, 0.5) is 5.82 Å². The molecular weight excluding hydrogens is 290 g/mol. The van der Waals surface area contributed by atoms with E-state index in [4.69, 9.17) is 9.47 Å². The van der Waals surface area contributed by atoms with Crippen LogP contribution in [0.15, 0.2) is 17.1 Å². The van der Waals surface area contributed by atoms with Gasteiger partial charge in [-0.05, 0) is 25.3 Å². The van der Waals surface area contributed by atoms with Crippen molar-refractivity contribution < 1.29 is 19.1 Å². The van der Waals surface area contributed by atoms with Crippen molar-refractivity contribution in [2.45, 2.75) is 45.4 Å². The van der Waals surface area contributed by atoms with Gasteiger partial charge >= 0.3 is 11.7 Å². The molecule has 1 aromatic rings. The van der Waals surface area contributed by atoms with Gasteiger partial charge in [0.15, 0.2) is 0 Å². The largest absolute Gasteiger partial charge is 0.463 e. The number of nitrogens with one attached hydrogen (secondary N) is 1. The molecule has 120 valence electrons. The van der Waals surface area contributed by atoms with E-state index in [0.29, 0.717) is 6.42 Å². The summed E-state index contributed by atoms with van der Waals surface area (Å²) in [5.41, 5.74) is -0.496. The van der Waals surface area contributed by atoms with Gasteiger partial charge in [0, 0.05) is 20.0 Å². The fourth-order valence-corrected chi connectivity index (χ4v) is 2.30. The van der Waals surface area contributed by atoms with E-state index in [1.54, 1.807) is 12.3 Å². The Morgan fingerprint density at radius 2 is 2.23 bits per heavy atom. The number of carbonyl (C=O) groups is 2. The van der Waals surface area contributed by atoms with Crippen molar-refractivity contribution in [3.63, 3.8) is 0 Å². The minimum absolute atomic E-state index is 0.179. The monoisotopic (exact) mass is 309 g/mol. The molecular formula is C14H19N3O5. The summed E-state index contributed by atoms with van der Waals surface area (Å²) in [5, 5.41) is 2.46. The number of aromatic nitrogens is 2. The van der Waals surface area contributed by atoms with Crippen LogP contribution in [0, 0.1) is 0 Å². The van der Waals surface area contributed by atoms with E-state index in [1.807, 2.05) is 0 Å². The lowest BCUT2D eigenvalue weighted by molar-refractivity contribution is -0.154. The van der Waals surface area contributed by atoms with Crippen LogP contribution in [0.25, 0.3) is 0 Å². The van der Waals surface area contributed by atoms with Crippen LogP contribution in [0.1, 0.15) is 39.3 Å². The molecule has 2 atom stereocenters. The average molecular weight is 309 g/mol. The van der Waals surface area contributed by atoms with E-state index in [9.17, 15) is 14.4 Å². The third kappa shape index (κ3) is 4.39. The molecule has 8 nitrogen and oxygen atoms in total. The van der Waals surface area contributed by atoms with Crippen LogP contribution >= 0.6 is 0 Å². The van der Waals surface area contributed by atoms with E-state index < -0.39 is 11.9 Å². The molecule has 1 aromatic heterocycles. The third-order valence-electron chi connectivity index (χ3n) is 3.24. The molecule has 1 fully saturated rings. The number of amides is 1. The summed E-state index contributed by atoms with van der Waals surface area (Å²) in [6.45, 7) is 2.87. The summed E-state index contributed by atoms with van der Waals surface area (Å²) < 4.78 is 12.1. The summed E-state index contributed by atoms with van der Waals surface area (Å²) >= 11 is 0. The minimum Gasteiger partial charge on any atom is -0.463 e. The quantitative estimate of drug-likeness (QED) is 0.827. The van der Waals surface area contributed by atoms with Gasteiger partial charge < -0.3 is 14.8 Å². The molecule has 0 bridgehead atoms. The first-order valence-electron chi connectivity index (χ1n) is 7.11. The summed E-state index contributed by atoms with van der Waals surface area (Å²) in [6, 6.07) is 1.54. The van der Waals surface area contributed by atoms with Crippen LogP contribution in [0.5, 0.6) is 0 Å². The Morgan fingerprint density at radius 1 is 1.45 bits per heavy atom. The molecule has 1 aliphatic heterocycles. The predicted octanol–water partition coefficient (Wildman–Crippen LogP) is 0.832. The molecule has 0 radical (unpaired) electrons. The van der Waals surface area contributed by atoms with Crippen molar-refractivity contribution in [1.82, 2.24) is 9.55 Å². The number of hydrogen-bond donors (Lipinski definition) is 1. The first-order valence-corrected chi connectivity index (χ1v) is 7.11. The van der Waals surface area contributed by atoms with Gasteiger partial charge in [0.05, 0.1) is 6.10 Å². The Kier molecular flexibility index (Phi) is 5.26. The molecule has 0 spiro atoms. The molecule has 0 unspecified atom stereocenters. The van der Waals surface area contributed by atoms with Crippen molar-refractivity contribution in [3.05, 3.63) is 22.7 Å². The zero-order valence-corrected chi connectivity index (χ0v) is 12.6. The molecule has 2 rings (SSSR count). The zero-order chi connectivity index (χ0) is 16.1. The van der Waals surface area contributed by atoms with Gasteiger partial charge in [0.2, 0.25) is 5.91 Å². The Bertz CT molecular complexity index is 613. The average Bonchev–Trinajstić information content (AvgIpc) is 2.45. The lowest BCUT2D eigenvalue weighted by atomic mass is 10.1. The van der Waals surface area contributed by atoms with Crippen molar-refractivity contribution in [2.75, 3.05) is 11.9 Å². The van der Waals surface area contributed by atoms with E-state index >= 15 is 0 Å². The molecule has 8 heteroatoms. The summed E-state index contributed by atoms with van der Waals surface area (Å²) in [5.74, 6) is -0.440. The van der Waals surface area contributed by atoms with Crippen LogP contribution in [0.2, 0.25) is 0 Å². The standard InChI is InChI=1S/C14H19N3O5/c1-9(18)15-12-6-7-17(14(20)16-12)13-5-3-4-11(22-13)8-21-10(2)19/h6-7,11,13H,3-5,8H2,1-2H3,(H,15,16,18,20)/t11-,13+/m0/s1. The highest BCUT2D eigenvalue weighted by atomic mass is 16.6. The molecule has 0 saturated carbocycles. The fraction of sp³-hybridized carbons (Fsp3) is 0.571.